The molecule has 4 heteroatoms. The third-order valence-corrected chi connectivity index (χ3v) is 3.36. The average molecular weight is 215 g/mol. The molecule has 1 aliphatic carbocycles. The Kier molecular flexibility index (Phi) is 1.96. The van der Waals surface area contributed by atoms with E-state index in [0.717, 1.165) is 30.7 Å². The molecular weight excluding hydrogens is 202 g/mol. The number of hydrogen-bond acceptors (Lipinski definition) is 3. The van der Waals surface area contributed by atoms with Crippen molar-refractivity contribution < 1.29 is 4.79 Å². The molecule has 0 spiro atoms. The SMILES string of the molecule is NC(=O)c1ccc2c(c1)C1=NNCC1CC2. The van der Waals surface area contributed by atoms with Gasteiger partial charge in [0.05, 0.1) is 5.71 Å². The van der Waals surface area contributed by atoms with Crippen molar-refractivity contribution in [3.05, 3.63) is 34.9 Å². The summed E-state index contributed by atoms with van der Waals surface area (Å²) in [4.78, 5) is 11.1. The van der Waals surface area contributed by atoms with Gasteiger partial charge in [-0.15, -0.1) is 0 Å². The fourth-order valence-corrected chi connectivity index (χ4v) is 2.46. The molecule has 0 saturated heterocycles. The smallest absolute Gasteiger partial charge is 0.248 e. The first-order valence-electron chi connectivity index (χ1n) is 5.49. The molecule has 0 radical (unpaired) electrons. The minimum atomic E-state index is -0.378. The number of hydrogen-bond donors (Lipinski definition) is 2. The standard InChI is InChI=1S/C12H13N3O/c13-12(16)8-3-1-7-2-4-9-6-14-15-11(9)10(7)5-8/h1,3,5,9,14H,2,4,6H2,(H2,13,16). The number of aryl methyl sites for hydroxylation is 1. The molecule has 1 aromatic carbocycles. The van der Waals surface area contributed by atoms with Crippen molar-refractivity contribution in [2.75, 3.05) is 6.54 Å². The van der Waals surface area contributed by atoms with E-state index in [1.54, 1.807) is 6.07 Å². The Morgan fingerprint density at radius 3 is 3.19 bits per heavy atom. The van der Waals surface area contributed by atoms with Gasteiger partial charge >= 0.3 is 0 Å². The van der Waals surface area contributed by atoms with Crippen LogP contribution in [0.25, 0.3) is 0 Å². The fraction of sp³-hybridized carbons (Fsp3) is 0.333. The van der Waals surface area contributed by atoms with E-state index in [1.807, 2.05) is 12.1 Å². The first kappa shape index (κ1) is 9.39. The largest absolute Gasteiger partial charge is 0.366 e. The topological polar surface area (TPSA) is 67.5 Å². The minimum absolute atomic E-state index is 0.378. The lowest BCUT2D eigenvalue weighted by molar-refractivity contribution is 0.100. The molecule has 1 atom stereocenters. The number of rotatable bonds is 1. The average Bonchev–Trinajstić information content (AvgIpc) is 2.76. The lowest BCUT2D eigenvalue weighted by Crippen LogP contribution is -2.24. The van der Waals surface area contributed by atoms with Gasteiger partial charge in [-0.3, -0.25) is 4.79 Å². The Hall–Kier alpha value is -1.84. The number of hydrazone groups is 1. The number of carbonyl (C=O) groups is 1. The number of nitrogens with one attached hydrogen (secondary N) is 1. The van der Waals surface area contributed by atoms with Gasteiger partial charge in [-0.25, -0.2) is 0 Å². The number of primary amides is 1. The van der Waals surface area contributed by atoms with Crippen molar-refractivity contribution in [2.45, 2.75) is 12.8 Å². The Morgan fingerprint density at radius 2 is 2.38 bits per heavy atom. The zero-order chi connectivity index (χ0) is 11.1. The van der Waals surface area contributed by atoms with Crippen molar-refractivity contribution in [3.63, 3.8) is 0 Å². The maximum Gasteiger partial charge on any atom is 0.248 e. The highest BCUT2D eigenvalue weighted by Gasteiger charge is 2.29. The molecule has 3 rings (SSSR count). The predicted molar refractivity (Wildman–Crippen MR) is 61.3 cm³/mol. The van der Waals surface area contributed by atoms with Crippen LogP contribution in [0, 0.1) is 5.92 Å². The lowest BCUT2D eigenvalue weighted by Gasteiger charge is -2.21. The molecule has 0 saturated carbocycles. The maximum atomic E-state index is 11.1. The molecule has 4 nitrogen and oxygen atoms in total. The number of amides is 1. The van der Waals surface area contributed by atoms with Gasteiger partial charge in [0, 0.05) is 23.6 Å². The van der Waals surface area contributed by atoms with Crippen LogP contribution in [0.4, 0.5) is 0 Å². The normalized spacial score (nSPS) is 21.8. The van der Waals surface area contributed by atoms with Crippen LogP contribution in [-0.4, -0.2) is 18.2 Å². The molecule has 0 aromatic heterocycles. The summed E-state index contributed by atoms with van der Waals surface area (Å²) in [5.74, 6) is 0.118. The second-order valence-electron chi connectivity index (χ2n) is 4.33. The summed E-state index contributed by atoms with van der Waals surface area (Å²) in [6.07, 6.45) is 2.19. The summed E-state index contributed by atoms with van der Waals surface area (Å²) in [5, 5.41) is 4.31. The van der Waals surface area contributed by atoms with E-state index in [2.05, 4.69) is 10.5 Å². The van der Waals surface area contributed by atoms with Crippen LogP contribution in [0.15, 0.2) is 23.3 Å². The Balaban J connectivity index is 2.12. The molecule has 1 amide bonds. The summed E-state index contributed by atoms with van der Waals surface area (Å²) in [5.41, 5.74) is 12.3. The molecule has 0 fully saturated rings. The highest BCUT2D eigenvalue weighted by Crippen LogP contribution is 2.28. The number of nitrogens with two attached hydrogens (primary N) is 1. The van der Waals surface area contributed by atoms with Gasteiger partial charge in [0.2, 0.25) is 5.91 Å². The predicted octanol–water partition coefficient (Wildman–Crippen LogP) is 0.655. The monoisotopic (exact) mass is 215 g/mol. The van der Waals surface area contributed by atoms with E-state index in [0.29, 0.717) is 11.5 Å². The van der Waals surface area contributed by atoms with Crippen LogP contribution in [-0.2, 0) is 6.42 Å². The number of nitrogens with zero attached hydrogens (tertiary/aromatic N) is 1. The highest BCUT2D eigenvalue weighted by molar-refractivity contribution is 6.07. The summed E-state index contributed by atoms with van der Waals surface area (Å²) >= 11 is 0. The van der Waals surface area contributed by atoms with E-state index < -0.39 is 0 Å². The van der Waals surface area contributed by atoms with Crippen molar-refractivity contribution >= 4 is 11.6 Å². The van der Waals surface area contributed by atoms with E-state index in [1.165, 1.54) is 5.56 Å². The third-order valence-electron chi connectivity index (χ3n) is 3.36. The molecular formula is C12H13N3O. The van der Waals surface area contributed by atoms with Crippen LogP contribution < -0.4 is 11.2 Å². The van der Waals surface area contributed by atoms with Gasteiger partial charge < -0.3 is 11.2 Å². The van der Waals surface area contributed by atoms with Crippen molar-refractivity contribution in [1.82, 2.24) is 5.43 Å². The molecule has 1 heterocycles. The van der Waals surface area contributed by atoms with E-state index >= 15 is 0 Å². The molecule has 2 aliphatic rings. The van der Waals surface area contributed by atoms with Crippen LogP contribution in [0.5, 0.6) is 0 Å². The van der Waals surface area contributed by atoms with Crippen LogP contribution in [0.1, 0.15) is 27.9 Å². The second-order valence-corrected chi connectivity index (χ2v) is 4.33. The summed E-state index contributed by atoms with van der Waals surface area (Å²) < 4.78 is 0. The highest BCUT2D eigenvalue weighted by atomic mass is 16.1. The molecule has 0 bridgehead atoms. The zero-order valence-corrected chi connectivity index (χ0v) is 8.86. The lowest BCUT2D eigenvalue weighted by atomic mass is 9.82. The Morgan fingerprint density at radius 1 is 1.50 bits per heavy atom. The molecule has 1 aromatic rings. The molecule has 1 unspecified atom stereocenters. The molecule has 16 heavy (non-hydrogen) atoms. The number of fused-ring (bicyclic) bond motifs is 3. The van der Waals surface area contributed by atoms with Gasteiger partial charge in [-0.2, -0.15) is 5.10 Å². The van der Waals surface area contributed by atoms with Gasteiger partial charge in [0.15, 0.2) is 0 Å². The van der Waals surface area contributed by atoms with Crippen LogP contribution >= 0.6 is 0 Å². The van der Waals surface area contributed by atoms with E-state index in [4.69, 9.17) is 5.73 Å². The van der Waals surface area contributed by atoms with Gasteiger partial charge in [0.25, 0.3) is 0 Å². The van der Waals surface area contributed by atoms with Crippen LogP contribution in [0.2, 0.25) is 0 Å². The molecule has 1 aliphatic heterocycles. The summed E-state index contributed by atoms with van der Waals surface area (Å²) in [7, 11) is 0. The quantitative estimate of drug-likeness (QED) is 0.722. The third kappa shape index (κ3) is 1.30. The first-order chi connectivity index (χ1) is 7.75. The second kappa shape index (κ2) is 3.33. The Labute approximate surface area is 93.5 Å². The van der Waals surface area contributed by atoms with Gasteiger partial charge in [0.1, 0.15) is 0 Å². The molecule has 82 valence electrons. The van der Waals surface area contributed by atoms with E-state index in [9.17, 15) is 4.79 Å². The maximum absolute atomic E-state index is 11.1. The van der Waals surface area contributed by atoms with Crippen LogP contribution in [0.3, 0.4) is 0 Å². The summed E-state index contributed by atoms with van der Waals surface area (Å²) in [6, 6.07) is 5.66. The van der Waals surface area contributed by atoms with Crippen molar-refractivity contribution in [2.24, 2.45) is 16.8 Å². The Bertz CT molecular complexity index is 493. The number of benzene rings is 1. The van der Waals surface area contributed by atoms with Gasteiger partial charge in [-0.1, -0.05) is 6.07 Å². The van der Waals surface area contributed by atoms with Crippen molar-refractivity contribution in [3.8, 4) is 0 Å². The fourth-order valence-electron chi connectivity index (χ4n) is 2.46. The summed E-state index contributed by atoms with van der Waals surface area (Å²) in [6.45, 7) is 0.912. The number of carbonyl (C=O) groups excluding carboxylic acids is 1. The van der Waals surface area contributed by atoms with Crippen molar-refractivity contribution in [1.29, 1.82) is 0 Å². The minimum Gasteiger partial charge on any atom is -0.366 e. The molecule has 3 N–H and O–H groups in total. The first-order valence-corrected chi connectivity index (χ1v) is 5.49. The van der Waals surface area contributed by atoms with E-state index in [-0.39, 0.29) is 5.91 Å². The zero-order valence-electron chi connectivity index (χ0n) is 8.86. The van der Waals surface area contributed by atoms with Gasteiger partial charge in [-0.05, 0) is 30.5 Å².